The minimum absolute atomic E-state index is 0.0672. The molecule has 6 heteroatoms. The van der Waals surface area contributed by atoms with E-state index in [4.69, 9.17) is 17.3 Å². The quantitative estimate of drug-likeness (QED) is 0.814. The summed E-state index contributed by atoms with van der Waals surface area (Å²) in [5.41, 5.74) is 5.77. The van der Waals surface area contributed by atoms with Gasteiger partial charge in [0.1, 0.15) is 4.90 Å². The van der Waals surface area contributed by atoms with Crippen LogP contribution >= 0.6 is 11.6 Å². The number of benzene rings is 1. The van der Waals surface area contributed by atoms with Gasteiger partial charge in [0, 0.05) is 11.6 Å². The Morgan fingerprint density at radius 1 is 1.44 bits per heavy atom. The van der Waals surface area contributed by atoms with Gasteiger partial charge in [0.25, 0.3) is 0 Å². The Kier molecular flexibility index (Phi) is 4.18. The minimum Gasteiger partial charge on any atom is -0.398 e. The molecule has 0 aromatic heterocycles. The fourth-order valence-electron chi connectivity index (χ4n) is 1.12. The first-order valence-electron chi connectivity index (χ1n) is 4.87. The van der Waals surface area contributed by atoms with Crippen molar-refractivity contribution in [2.75, 3.05) is 12.3 Å². The molecule has 0 unspecified atom stereocenters. The second-order valence-corrected chi connectivity index (χ2v) is 6.10. The zero-order valence-corrected chi connectivity index (χ0v) is 10.8. The molecule has 0 amide bonds. The topological polar surface area (TPSA) is 72.2 Å². The van der Waals surface area contributed by atoms with Crippen LogP contribution in [0.2, 0.25) is 5.02 Å². The van der Waals surface area contributed by atoms with Crippen LogP contribution < -0.4 is 10.5 Å². The van der Waals surface area contributed by atoms with Crippen molar-refractivity contribution in [3.05, 3.63) is 23.2 Å². The van der Waals surface area contributed by atoms with E-state index in [1.54, 1.807) is 0 Å². The molecule has 0 saturated carbocycles. The first kappa shape index (κ1) is 13.3. The van der Waals surface area contributed by atoms with E-state index in [1.165, 1.54) is 18.2 Å². The van der Waals surface area contributed by atoms with Crippen molar-refractivity contribution in [3.8, 4) is 0 Å². The van der Waals surface area contributed by atoms with Gasteiger partial charge in [-0.1, -0.05) is 25.4 Å². The molecule has 4 nitrogen and oxygen atoms in total. The largest absolute Gasteiger partial charge is 0.398 e. The van der Waals surface area contributed by atoms with Crippen molar-refractivity contribution in [1.29, 1.82) is 0 Å². The SMILES string of the molecule is CC(C)CNS(=O)(=O)c1ccc(Cl)cc1N. The van der Waals surface area contributed by atoms with E-state index >= 15 is 0 Å². The molecule has 0 atom stereocenters. The third-order valence-electron chi connectivity index (χ3n) is 1.94. The van der Waals surface area contributed by atoms with E-state index in [-0.39, 0.29) is 16.5 Å². The molecule has 0 heterocycles. The van der Waals surface area contributed by atoms with Gasteiger partial charge in [0.05, 0.1) is 5.69 Å². The van der Waals surface area contributed by atoms with Crippen LogP contribution in [0, 0.1) is 5.92 Å². The Morgan fingerprint density at radius 2 is 2.06 bits per heavy atom. The lowest BCUT2D eigenvalue weighted by Crippen LogP contribution is -2.28. The average Bonchev–Trinajstić information content (AvgIpc) is 2.14. The van der Waals surface area contributed by atoms with Crippen molar-refractivity contribution in [2.45, 2.75) is 18.7 Å². The standard InChI is InChI=1S/C10H15ClN2O2S/c1-7(2)6-13-16(14,15)10-4-3-8(11)5-9(10)12/h3-5,7,13H,6,12H2,1-2H3. The number of nitrogen functional groups attached to an aromatic ring is 1. The fourth-order valence-corrected chi connectivity index (χ4v) is 2.62. The van der Waals surface area contributed by atoms with Crippen molar-refractivity contribution < 1.29 is 8.42 Å². The number of sulfonamides is 1. The second-order valence-electron chi connectivity index (χ2n) is 3.93. The predicted octanol–water partition coefficient (Wildman–Crippen LogP) is 1.86. The van der Waals surface area contributed by atoms with Gasteiger partial charge in [-0.3, -0.25) is 0 Å². The molecule has 0 bridgehead atoms. The highest BCUT2D eigenvalue weighted by Gasteiger charge is 2.17. The maximum Gasteiger partial charge on any atom is 0.242 e. The second kappa shape index (κ2) is 5.03. The number of hydrogen-bond acceptors (Lipinski definition) is 3. The lowest BCUT2D eigenvalue weighted by molar-refractivity contribution is 0.560. The molecule has 1 rings (SSSR count). The van der Waals surface area contributed by atoms with E-state index < -0.39 is 10.0 Å². The molecule has 0 spiro atoms. The summed E-state index contributed by atoms with van der Waals surface area (Å²) in [6.45, 7) is 4.23. The Morgan fingerprint density at radius 3 is 2.56 bits per heavy atom. The van der Waals surface area contributed by atoms with Gasteiger partial charge in [0.2, 0.25) is 10.0 Å². The summed E-state index contributed by atoms with van der Waals surface area (Å²) in [6.07, 6.45) is 0. The first-order chi connectivity index (χ1) is 7.33. The van der Waals surface area contributed by atoms with Crippen LogP contribution in [0.1, 0.15) is 13.8 Å². The van der Waals surface area contributed by atoms with Gasteiger partial charge in [-0.05, 0) is 24.1 Å². The summed E-state index contributed by atoms with van der Waals surface area (Å²) in [6, 6.07) is 4.33. The maximum atomic E-state index is 11.8. The molecule has 0 aliphatic carbocycles. The molecule has 0 aliphatic rings. The van der Waals surface area contributed by atoms with Gasteiger partial charge in [-0.2, -0.15) is 0 Å². The third-order valence-corrected chi connectivity index (χ3v) is 3.68. The number of halogens is 1. The summed E-state index contributed by atoms with van der Waals surface area (Å²) in [5, 5.41) is 0.417. The fraction of sp³-hybridized carbons (Fsp3) is 0.400. The van der Waals surface area contributed by atoms with Crippen LogP contribution in [0.5, 0.6) is 0 Å². The molecule has 3 N–H and O–H groups in total. The summed E-state index contributed by atoms with van der Waals surface area (Å²) in [4.78, 5) is 0.0672. The molecular weight excluding hydrogens is 248 g/mol. The van der Waals surface area contributed by atoms with Gasteiger partial charge in [-0.15, -0.1) is 0 Å². The van der Waals surface area contributed by atoms with E-state index in [0.29, 0.717) is 11.6 Å². The zero-order chi connectivity index (χ0) is 12.3. The zero-order valence-electron chi connectivity index (χ0n) is 9.20. The van der Waals surface area contributed by atoms with Crippen molar-refractivity contribution in [1.82, 2.24) is 4.72 Å². The number of nitrogens with two attached hydrogens (primary N) is 1. The van der Waals surface area contributed by atoms with E-state index in [1.807, 2.05) is 13.8 Å². The molecule has 0 radical (unpaired) electrons. The lowest BCUT2D eigenvalue weighted by atomic mass is 10.2. The Bertz CT molecular complexity index is 472. The van der Waals surface area contributed by atoms with Gasteiger partial charge in [-0.25, -0.2) is 13.1 Å². The van der Waals surface area contributed by atoms with Crippen molar-refractivity contribution >= 4 is 27.3 Å². The van der Waals surface area contributed by atoms with Crippen LogP contribution in [0.3, 0.4) is 0 Å². The van der Waals surface area contributed by atoms with Crippen molar-refractivity contribution in [2.24, 2.45) is 5.92 Å². The smallest absolute Gasteiger partial charge is 0.242 e. The number of nitrogens with one attached hydrogen (secondary N) is 1. The normalized spacial score (nSPS) is 12.0. The molecule has 0 fully saturated rings. The van der Waals surface area contributed by atoms with Crippen LogP contribution in [0.25, 0.3) is 0 Å². The lowest BCUT2D eigenvalue weighted by Gasteiger charge is -2.10. The van der Waals surface area contributed by atoms with E-state index in [9.17, 15) is 8.42 Å². The van der Waals surface area contributed by atoms with Gasteiger partial charge < -0.3 is 5.73 Å². The third kappa shape index (κ3) is 3.37. The highest BCUT2D eigenvalue weighted by molar-refractivity contribution is 7.89. The summed E-state index contributed by atoms with van der Waals surface area (Å²) >= 11 is 5.70. The summed E-state index contributed by atoms with van der Waals surface area (Å²) in [5.74, 6) is 0.239. The highest BCUT2D eigenvalue weighted by Crippen LogP contribution is 2.22. The number of rotatable bonds is 4. The van der Waals surface area contributed by atoms with Crippen LogP contribution in [0.15, 0.2) is 23.1 Å². The summed E-state index contributed by atoms with van der Waals surface area (Å²) < 4.78 is 26.2. The Balaban J connectivity index is 2.99. The monoisotopic (exact) mass is 262 g/mol. The molecule has 1 aromatic rings. The first-order valence-corrected chi connectivity index (χ1v) is 6.73. The molecule has 0 saturated heterocycles. The average molecular weight is 263 g/mol. The Hall–Kier alpha value is -0.780. The molecule has 16 heavy (non-hydrogen) atoms. The Labute approximate surface area is 101 Å². The van der Waals surface area contributed by atoms with E-state index in [2.05, 4.69) is 4.72 Å². The highest BCUT2D eigenvalue weighted by atomic mass is 35.5. The van der Waals surface area contributed by atoms with Gasteiger partial charge in [0.15, 0.2) is 0 Å². The predicted molar refractivity (Wildman–Crippen MR) is 65.9 cm³/mol. The van der Waals surface area contributed by atoms with Gasteiger partial charge >= 0.3 is 0 Å². The van der Waals surface area contributed by atoms with Crippen LogP contribution in [-0.2, 0) is 10.0 Å². The molecule has 1 aromatic carbocycles. The van der Waals surface area contributed by atoms with E-state index in [0.717, 1.165) is 0 Å². The summed E-state index contributed by atoms with van der Waals surface area (Å²) in [7, 11) is -3.54. The van der Waals surface area contributed by atoms with Crippen LogP contribution in [-0.4, -0.2) is 15.0 Å². The molecular formula is C10H15ClN2O2S. The van der Waals surface area contributed by atoms with Crippen molar-refractivity contribution in [3.63, 3.8) is 0 Å². The molecule has 90 valence electrons. The number of hydrogen-bond donors (Lipinski definition) is 2. The van der Waals surface area contributed by atoms with Crippen LogP contribution in [0.4, 0.5) is 5.69 Å². The number of anilines is 1. The molecule has 0 aliphatic heterocycles. The minimum atomic E-state index is -3.54. The maximum absolute atomic E-state index is 11.8.